The molecule has 0 aliphatic heterocycles. The van der Waals surface area contributed by atoms with E-state index < -0.39 is 6.10 Å². The topological polar surface area (TPSA) is 38.3 Å². The van der Waals surface area contributed by atoms with Gasteiger partial charge in [0.1, 0.15) is 5.75 Å². The number of halogens is 2. The highest BCUT2D eigenvalue weighted by molar-refractivity contribution is 6.30. The van der Waals surface area contributed by atoms with Crippen LogP contribution in [-0.4, -0.2) is 12.0 Å². The summed E-state index contributed by atoms with van der Waals surface area (Å²) in [6.45, 7) is 2.34. The van der Waals surface area contributed by atoms with Crippen molar-refractivity contribution >= 4 is 29.1 Å². The van der Waals surface area contributed by atoms with E-state index in [-0.39, 0.29) is 5.91 Å². The Morgan fingerprint density at radius 2 is 1.86 bits per heavy atom. The summed E-state index contributed by atoms with van der Waals surface area (Å²) < 4.78 is 5.70. The fourth-order valence-electron chi connectivity index (χ4n) is 1.93. The van der Waals surface area contributed by atoms with Crippen LogP contribution in [0.1, 0.15) is 18.9 Å². The van der Waals surface area contributed by atoms with Crippen LogP contribution in [0.5, 0.6) is 5.75 Å². The standard InChI is InChI=1S/C17H17Cl2NO2/c1-2-16(22-15-5-3-4-14(19)10-15)17(21)20-11-12-6-8-13(18)9-7-12/h3-10,16H,2,11H2,1H3,(H,20,21)/t16-/m0/s1. The molecule has 2 aromatic rings. The molecule has 0 saturated carbocycles. The predicted octanol–water partition coefficient (Wildman–Crippen LogP) is 4.47. The molecule has 22 heavy (non-hydrogen) atoms. The Labute approximate surface area is 140 Å². The van der Waals surface area contributed by atoms with E-state index in [0.717, 1.165) is 5.56 Å². The Balaban J connectivity index is 1.92. The Morgan fingerprint density at radius 1 is 1.14 bits per heavy atom. The van der Waals surface area contributed by atoms with Crippen LogP contribution in [0.15, 0.2) is 48.5 Å². The van der Waals surface area contributed by atoms with E-state index in [2.05, 4.69) is 5.32 Å². The van der Waals surface area contributed by atoms with Crippen LogP contribution in [-0.2, 0) is 11.3 Å². The van der Waals surface area contributed by atoms with Crippen molar-refractivity contribution in [2.75, 3.05) is 0 Å². The third kappa shape index (κ3) is 4.93. The molecule has 116 valence electrons. The molecule has 2 aromatic carbocycles. The van der Waals surface area contributed by atoms with E-state index in [1.165, 1.54) is 0 Å². The van der Waals surface area contributed by atoms with Crippen molar-refractivity contribution < 1.29 is 9.53 Å². The Hall–Kier alpha value is -1.71. The molecule has 0 bridgehead atoms. The number of rotatable bonds is 6. The molecular formula is C17H17Cl2NO2. The summed E-state index contributed by atoms with van der Waals surface area (Å²) in [7, 11) is 0. The average Bonchev–Trinajstić information content (AvgIpc) is 2.52. The number of nitrogens with one attached hydrogen (secondary N) is 1. The Bertz CT molecular complexity index is 629. The van der Waals surface area contributed by atoms with Crippen LogP contribution in [0.4, 0.5) is 0 Å². The number of benzene rings is 2. The summed E-state index contributed by atoms with van der Waals surface area (Å²) >= 11 is 11.7. The maximum atomic E-state index is 12.2. The smallest absolute Gasteiger partial charge is 0.261 e. The van der Waals surface area contributed by atoms with Crippen molar-refractivity contribution in [2.24, 2.45) is 0 Å². The van der Waals surface area contributed by atoms with Gasteiger partial charge in [0.25, 0.3) is 5.91 Å². The highest BCUT2D eigenvalue weighted by atomic mass is 35.5. The van der Waals surface area contributed by atoms with Gasteiger partial charge in [-0.3, -0.25) is 4.79 Å². The van der Waals surface area contributed by atoms with Crippen LogP contribution in [0, 0.1) is 0 Å². The first kappa shape index (κ1) is 16.7. The molecular weight excluding hydrogens is 321 g/mol. The van der Waals surface area contributed by atoms with E-state index in [9.17, 15) is 4.79 Å². The fourth-order valence-corrected chi connectivity index (χ4v) is 2.24. The van der Waals surface area contributed by atoms with Crippen molar-refractivity contribution in [1.82, 2.24) is 5.32 Å². The van der Waals surface area contributed by atoms with Gasteiger partial charge in [-0.25, -0.2) is 0 Å². The number of ether oxygens (including phenoxy) is 1. The van der Waals surface area contributed by atoms with Gasteiger partial charge in [0.15, 0.2) is 6.10 Å². The summed E-state index contributed by atoms with van der Waals surface area (Å²) in [5.74, 6) is 0.429. The minimum Gasteiger partial charge on any atom is -0.481 e. The first-order valence-corrected chi connectivity index (χ1v) is 7.78. The van der Waals surface area contributed by atoms with Crippen molar-refractivity contribution in [3.63, 3.8) is 0 Å². The van der Waals surface area contributed by atoms with Gasteiger partial charge in [0.2, 0.25) is 0 Å². The van der Waals surface area contributed by atoms with Gasteiger partial charge in [0, 0.05) is 16.6 Å². The first-order chi connectivity index (χ1) is 10.6. The highest BCUT2D eigenvalue weighted by Crippen LogP contribution is 2.19. The maximum Gasteiger partial charge on any atom is 0.261 e. The second-order valence-electron chi connectivity index (χ2n) is 4.82. The lowest BCUT2D eigenvalue weighted by Gasteiger charge is -2.17. The molecule has 5 heteroatoms. The summed E-state index contributed by atoms with van der Waals surface area (Å²) in [5, 5.41) is 4.11. The summed E-state index contributed by atoms with van der Waals surface area (Å²) in [5.41, 5.74) is 0.982. The van der Waals surface area contributed by atoms with Gasteiger partial charge in [-0.2, -0.15) is 0 Å². The lowest BCUT2D eigenvalue weighted by Crippen LogP contribution is -2.37. The molecule has 0 aliphatic rings. The third-order valence-electron chi connectivity index (χ3n) is 3.12. The fraction of sp³-hybridized carbons (Fsp3) is 0.235. The monoisotopic (exact) mass is 337 g/mol. The summed E-state index contributed by atoms with van der Waals surface area (Å²) in [6, 6.07) is 14.4. The number of hydrogen-bond donors (Lipinski definition) is 1. The minimum atomic E-state index is -0.550. The number of carbonyl (C=O) groups excluding carboxylic acids is 1. The molecule has 0 aromatic heterocycles. The molecule has 0 radical (unpaired) electrons. The van der Waals surface area contributed by atoms with Gasteiger partial charge in [0.05, 0.1) is 0 Å². The molecule has 1 N–H and O–H groups in total. The number of hydrogen-bond acceptors (Lipinski definition) is 2. The zero-order valence-electron chi connectivity index (χ0n) is 12.2. The molecule has 0 unspecified atom stereocenters. The molecule has 3 nitrogen and oxygen atoms in total. The van der Waals surface area contributed by atoms with Crippen LogP contribution >= 0.6 is 23.2 Å². The largest absolute Gasteiger partial charge is 0.481 e. The minimum absolute atomic E-state index is 0.155. The summed E-state index contributed by atoms with van der Waals surface area (Å²) in [4.78, 5) is 12.2. The van der Waals surface area contributed by atoms with Crippen molar-refractivity contribution in [3.8, 4) is 5.75 Å². The number of amides is 1. The van der Waals surface area contributed by atoms with Gasteiger partial charge in [-0.15, -0.1) is 0 Å². The molecule has 0 aliphatic carbocycles. The molecule has 2 rings (SSSR count). The predicted molar refractivity (Wildman–Crippen MR) is 89.5 cm³/mol. The van der Waals surface area contributed by atoms with Crippen molar-refractivity contribution in [3.05, 3.63) is 64.1 Å². The molecule has 0 saturated heterocycles. The van der Waals surface area contributed by atoms with E-state index in [1.54, 1.807) is 36.4 Å². The Morgan fingerprint density at radius 3 is 2.50 bits per heavy atom. The molecule has 0 spiro atoms. The van der Waals surface area contributed by atoms with Gasteiger partial charge in [-0.1, -0.05) is 48.3 Å². The summed E-state index contributed by atoms with van der Waals surface area (Å²) in [6.07, 6.45) is 0.0182. The van der Waals surface area contributed by atoms with Gasteiger partial charge < -0.3 is 10.1 Å². The zero-order chi connectivity index (χ0) is 15.9. The zero-order valence-corrected chi connectivity index (χ0v) is 13.7. The SMILES string of the molecule is CC[C@H](Oc1cccc(Cl)c1)C(=O)NCc1ccc(Cl)cc1. The molecule has 0 fully saturated rings. The lowest BCUT2D eigenvalue weighted by molar-refractivity contribution is -0.128. The van der Waals surface area contributed by atoms with E-state index in [4.69, 9.17) is 27.9 Å². The van der Waals surface area contributed by atoms with Crippen molar-refractivity contribution in [2.45, 2.75) is 26.0 Å². The van der Waals surface area contributed by atoms with Gasteiger partial charge in [-0.05, 0) is 42.3 Å². The molecule has 1 atom stereocenters. The normalized spacial score (nSPS) is 11.8. The second kappa shape index (κ2) is 8.06. The van der Waals surface area contributed by atoms with Crippen LogP contribution in [0.3, 0.4) is 0 Å². The first-order valence-electron chi connectivity index (χ1n) is 7.03. The highest BCUT2D eigenvalue weighted by Gasteiger charge is 2.18. The molecule has 0 heterocycles. The van der Waals surface area contributed by atoms with E-state index in [1.807, 2.05) is 19.1 Å². The Kier molecular flexibility index (Phi) is 6.10. The second-order valence-corrected chi connectivity index (χ2v) is 5.69. The third-order valence-corrected chi connectivity index (χ3v) is 3.60. The quantitative estimate of drug-likeness (QED) is 0.844. The van der Waals surface area contributed by atoms with Gasteiger partial charge >= 0.3 is 0 Å². The van der Waals surface area contributed by atoms with Crippen LogP contribution < -0.4 is 10.1 Å². The maximum absolute atomic E-state index is 12.2. The number of carbonyl (C=O) groups is 1. The van der Waals surface area contributed by atoms with E-state index in [0.29, 0.717) is 28.8 Å². The van der Waals surface area contributed by atoms with Crippen molar-refractivity contribution in [1.29, 1.82) is 0 Å². The van der Waals surface area contributed by atoms with Crippen LogP contribution in [0.2, 0.25) is 10.0 Å². The average molecular weight is 338 g/mol. The van der Waals surface area contributed by atoms with Crippen LogP contribution in [0.25, 0.3) is 0 Å². The lowest BCUT2D eigenvalue weighted by atomic mass is 10.2. The van der Waals surface area contributed by atoms with E-state index >= 15 is 0 Å². The molecule has 1 amide bonds.